The highest BCUT2D eigenvalue weighted by Gasteiger charge is 2.31. The first kappa shape index (κ1) is 16.3. The van der Waals surface area contributed by atoms with Crippen LogP contribution in [-0.2, 0) is 6.18 Å². The maximum Gasteiger partial charge on any atom is 0.416 e. The molecule has 0 aliphatic heterocycles. The van der Waals surface area contributed by atoms with Gasteiger partial charge in [0.05, 0.1) is 5.56 Å². The standard InChI is InChI=1S/C12H16F3N.ClH/c1-11(2,3)10(16)8-5-4-6-9(7-8)12(13,14)15;/h4-7,10H,16H2,1-3H3;1H/t10-;/m1./s1. The summed E-state index contributed by atoms with van der Waals surface area (Å²) < 4.78 is 37.5. The van der Waals surface area contributed by atoms with Gasteiger partial charge in [-0.3, -0.25) is 0 Å². The van der Waals surface area contributed by atoms with Crippen LogP contribution in [0.2, 0.25) is 0 Å². The van der Waals surface area contributed by atoms with Crippen molar-refractivity contribution >= 4 is 12.4 Å². The third-order valence-electron chi connectivity index (χ3n) is 2.51. The molecule has 98 valence electrons. The fraction of sp³-hybridized carbons (Fsp3) is 0.500. The average Bonchev–Trinajstić information content (AvgIpc) is 2.14. The summed E-state index contributed by atoms with van der Waals surface area (Å²) in [4.78, 5) is 0. The van der Waals surface area contributed by atoms with Crippen molar-refractivity contribution in [1.29, 1.82) is 0 Å². The number of halogens is 4. The van der Waals surface area contributed by atoms with Gasteiger partial charge in [-0.25, -0.2) is 0 Å². The van der Waals surface area contributed by atoms with Gasteiger partial charge in [-0.2, -0.15) is 13.2 Å². The van der Waals surface area contributed by atoms with Gasteiger partial charge in [0.15, 0.2) is 0 Å². The van der Waals surface area contributed by atoms with Crippen molar-refractivity contribution in [2.75, 3.05) is 0 Å². The summed E-state index contributed by atoms with van der Waals surface area (Å²) in [5.41, 5.74) is 5.52. The zero-order valence-corrected chi connectivity index (χ0v) is 10.8. The first-order valence-electron chi connectivity index (χ1n) is 5.05. The van der Waals surface area contributed by atoms with Crippen LogP contribution < -0.4 is 5.73 Å². The van der Waals surface area contributed by atoms with Crippen molar-refractivity contribution in [1.82, 2.24) is 0 Å². The molecular weight excluding hydrogens is 251 g/mol. The molecule has 0 amide bonds. The van der Waals surface area contributed by atoms with Gasteiger partial charge in [-0.05, 0) is 23.1 Å². The van der Waals surface area contributed by atoms with Gasteiger partial charge in [0, 0.05) is 6.04 Å². The number of hydrogen-bond acceptors (Lipinski definition) is 1. The number of alkyl halides is 3. The lowest BCUT2D eigenvalue weighted by Gasteiger charge is -2.27. The van der Waals surface area contributed by atoms with E-state index in [4.69, 9.17) is 5.73 Å². The van der Waals surface area contributed by atoms with E-state index in [2.05, 4.69) is 0 Å². The van der Waals surface area contributed by atoms with Crippen LogP contribution in [0.5, 0.6) is 0 Å². The van der Waals surface area contributed by atoms with Gasteiger partial charge < -0.3 is 5.73 Å². The lowest BCUT2D eigenvalue weighted by molar-refractivity contribution is -0.137. The van der Waals surface area contributed by atoms with Crippen LogP contribution in [0, 0.1) is 5.41 Å². The van der Waals surface area contributed by atoms with Crippen LogP contribution in [0.1, 0.15) is 37.9 Å². The SMILES string of the molecule is CC(C)(C)[C@H](N)c1cccc(C(F)(F)F)c1.Cl. The van der Waals surface area contributed by atoms with E-state index in [1.807, 2.05) is 20.8 Å². The van der Waals surface area contributed by atoms with Crippen molar-refractivity contribution in [2.24, 2.45) is 11.1 Å². The van der Waals surface area contributed by atoms with Gasteiger partial charge in [0.25, 0.3) is 0 Å². The molecule has 0 fully saturated rings. The first-order valence-corrected chi connectivity index (χ1v) is 5.05. The molecule has 1 aromatic carbocycles. The lowest BCUT2D eigenvalue weighted by atomic mass is 9.83. The van der Waals surface area contributed by atoms with E-state index in [1.165, 1.54) is 6.07 Å². The molecule has 0 aromatic heterocycles. The van der Waals surface area contributed by atoms with Crippen molar-refractivity contribution < 1.29 is 13.2 Å². The van der Waals surface area contributed by atoms with Crippen molar-refractivity contribution in [3.05, 3.63) is 35.4 Å². The Balaban J connectivity index is 0.00000256. The molecule has 0 spiro atoms. The second-order valence-electron chi connectivity index (χ2n) is 4.97. The van der Waals surface area contributed by atoms with Crippen LogP contribution in [0.4, 0.5) is 13.2 Å². The summed E-state index contributed by atoms with van der Waals surface area (Å²) in [6, 6.07) is 4.79. The maximum absolute atomic E-state index is 12.5. The first-order chi connectivity index (χ1) is 7.12. The van der Waals surface area contributed by atoms with Crippen molar-refractivity contribution in [3.63, 3.8) is 0 Å². The molecule has 0 radical (unpaired) electrons. The minimum absolute atomic E-state index is 0. The summed E-state index contributed by atoms with van der Waals surface area (Å²) in [7, 11) is 0. The van der Waals surface area contributed by atoms with Gasteiger partial charge in [0.1, 0.15) is 0 Å². The van der Waals surface area contributed by atoms with Crippen LogP contribution in [0.25, 0.3) is 0 Å². The Hall–Kier alpha value is -0.740. The topological polar surface area (TPSA) is 26.0 Å². The molecule has 5 heteroatoms. The largest absolute Gasteiger partial charge is 0.416 e. The van der Waals surface area contributed by atoms with Crippen LogP contribution >= 0.6 is 12.4 Å². The second kappa shape index (κ2) is 5.27. The van der Waals surface area contributed by atoms with Gasteiger partial charge in [0.2, 0.25) is 0 Å². The lowest BCUT2D eigenvalue weighted by Crippen LogP contribution is -2.26. The molecule has 0 aliphatic rings. The fourth-order valence-corrected chi connectivity index (χ4v) is 1.41. The summed E-state index contributed by atoms with van der Waals surface area (Å²) in [6.07, 6.45) is -4.31. The van der Waals surface area contributed by atoms with Gasteiger partial charge in [-0.1, -0.05) is 32.9 Å². The third kappa shape index (κ3) is 4.21. The van der Waals surface area contributed by atoms with Gasteiger partial charge in [-0.15, -0.1) is 12.4 Å². The van der Waals surface area contributed by atoms with Gasteiger partial charge >= 0.3 is 6.18 Å². The summed E-state index contributed by atoms with van der Waals surface area (Å²) in [5, 5.41) is 0. The molecule has 0 aliphatic carbocycles. The summed E-state index contributed by atoms with van der Waals surface area (Å²) in [6.45, 7) is 5.70. The predicted molar refractivity (Wildman–Crippen MR) is 65.1 cm³/mol. The monoisotopic (exact) mass is 267 g/mol. The number of nitrogens with two attached hydrogens (primary N) is 1. The Morgan fingerprint density at radius 1 is 1.12 bits per heavy atom. The normalized spacial score (nSPS) is 14.1. The highest BCUT2D eigenvalue weighted by atomic mass is 35.5. The molecule has 2 N–H and O–H groups in total. The average molecular weight is 268 g/mol. The van der Waals surface area contributed by atoms with E-state index in [0.717, 1.165) is 12.1 Å². The molecule has 0 bridgehead atoms. The van der Waals surface area contributed by atoms with Crippen molar-refractivity contribution in [3.8, 4) is 0 Å². The van der Waals surface area contributed by atoms with Crippen LogP contribution in [0.15, 0.2) is 24.3 Å². The Bertz CT molecular complexity index is 369. The van der Waals surface area contributed by atoms with E-state index < -0.39 is 17.8 Å². The number of benzene rings is 1. The third-order valence-corrected chi connectivity index (χ3v) is 2.51. The number of hydrogen-bond donors (Lipinski definition) is 1. The number of rotatable bonds is 1. The summed E-state index contributed by atoms with van der Waals surface area (Å²) >= 11 is 0. The van der Waals surface area contributed by atoms with E-state index in [0.29, 0.717) is 5.56 Å². The zero-order chi connectivity index (χ0) is 12.6. The molecule has 0 saturated heterocycles. The second-order valence-corrected chi connectivity index (χ2v) is 4.97. The van der Waals surface area contributed by atoms with E-state index in [9.17, 15) is 13.2 Å². The highest BCUT2D eigenvalue weighted by molar-refractivity contribution is 5.85. The molecule has 17 heavy (non-hydrogen) atoms. The van der Waals surface area contributed by atoms with Crippen LogP contribution in [0.3, 0.4) is 0 Å². The Morgan fingerprint density at radius 2 is 1.65 bits per heavy atom. The molecule has 1 rings (SSSR count). The fourth-order valence-electron chi connectivity index (χ4n) is 1.41. The quantitative estimate of drug-likeness (QED) is 0.812. The molecule has 1 aromatic rings. The molecule has 0 heterocycles. The predicted octanol–water partition coefficient (Wildman–Crippen LogP) is 4.17. The Morgan fingerprint density at radius 3 is 2.06 bits per heavy atom. The molecule has 1 atom stereocenters. The summed E-state index contributed by atoms with van der Waals surface area (Å²) in [5.74, 6) is 0. The molecular formula is C12H17ClF3N. The molecule has 0 saturated carbocycles. The van der Waals surface area contributed by atoms with E-state index >= 15 is 0 Å². The molecule has 0 unspecified atom stereocenters. The van der Waals surface area contributed by atoms with E-state index in [1.54, 1.807) is 6.07 Å². The maximum atomic E-state index is 12.5. The highest BCUT2D eigenvalue weighted by Crippen LogP contribution is 2.34. The van der Waals surface area contributed by atoms with E-state index in [-0.39, 0.29) is 17.8 Å². The minimum atomic E-state index is -4.31. The van der Waals surface area contributed by atoms with Crippen molar-refractivity contribution in [2.45, 2.75) is 33.0 Å². The molecule has 1 nitrogen and oxygen atoms in total. The zero-order valence-electron chi connectivity index (χ0n) is 10.0. The Kier molecular flexibility index (Phi) is 5.04. The minimum Gasteiger partial charge on any atom is -0.324 e. The smallest absolute Gasteiger partial charge is 0.324 e. The van der Waals surface area contributed by atoms with Crippen LogP contribution in [-0.4, -0.2) is 0 Å². The Labute approximate surface area is 106 Å².